The van der Waals surface area contributed by atoms with Gasteiger partial charge in [0, 0.05) is 12.6 Å². The number of carbonyl (C=O) groups excluding carboxylic acids is 1. The lowest BCUT2D eigenvalue weighted by atomic mass is 10.3. The molecular weight excluding hydrogens is 242 g/mol. The number of nitrogens with one attached hydrogen (secondary N) is 2. The fourth-order valence-electron chi connectivity index (χ4n) is 1.15. The molecule has 0 spiro atoms. The van der Waals surface area contributed by atoms with Crippen LogP contribution in [0.15, 0.2) is 30.9 Å². The Bertz CT molecular complexity index is 425. The highest BCUT2D eigenvalue weighted by atomic mass is 19.1. The predicted octanol–water partition coefficient (Wildman–Crippen LogP) is 1.83. The molecule has 0 aromatic heterocycles. The summed E-state index contributed by atoms with van der Waals surface area (Å²) in [5.41, 5.74) is 0. The summed E-state index contributed by atoms with van der Waals surface area (Å²) in [6.07, 6.45) is 1.55. The van der Waals surface area contributed by atoms with E-state index in [0.717, 1.165) is 12.1 Å². The lowest BCUT2D eigenvalue weighted by molar-refractivity contribution is 0.236. The molecule has 0 saturated carbocycles. The van der Waals surface area contributed by atoms with Crippen LogP contribution in [0.25, 0.3) is 0 Å². The van der Waals surface area contributed by atoms with E-state index in [4.69, 9.17) is 4.74 Å². The molecule has 98 valence electrons. The normalized spacial score (nSPS) is 9.67. The summed E-state index contributed by atoms with van der Waals surface area (Å²) in [6, 6.07) is 2.67. The third-order valence-electron chi connectivity index (χ3n) is 1.95. The van der Waals surface area contributed by atoms with Crippen molar-refractivity contribution in [1.29, 1.82) is 0 Å². The zero-order valence-electron chi connectivity index (χ0n) is 9.71. The van der Waals surface area contributed by atoms with E-state index in [1.807, 2.05) is 0 Å². The van der Waals surface area contributed by atoms with Gasteiger partial charge in [-0.25, -0.2) is 13.6 Å². The first-order chi connectivity index (χ1) is 8.63. The number of carbonyl (C=O) groups is 1. The Morgan fingerprint density at radius 2 is 2.17 bits per heavy atom. The van der Waals surface area contributed by atoms with Crippen LogP contribution in [0.1, 0.15) is 0 Å². The fourth-order valence-corrected chi connectivity index (χ4v) is 1.15. The number of hydrogen-bond acceptors (Lipinski definition) is 2. The monoisotopic (exact) mass is 256 g/mol. The summed E-state index contributed by atoms with van der Waals surface area (Å²) in [5, 5.41) is 5.00. The first-order valence-corrected chi connectivity index (χ1v) is 5.34. The largest absolute Gasteiger partial charge is 0.489 e. The molecule has 2 amide bonds. The molecule has 1 aromatic rings. The average Bonchev–Trinajstić information content (AvgIpc) is 2.34. The molecule has 0 bridgehead atoms. The second-order valence-electron chi connectivity index (χ2n) is 3.35. The first-order valence-electron chi connectivity index (χ1n) is 5.34. The van der Waals surface area contributed by atoms with Gasteiger partial charge in [-0.1, -0.05) is 6.08 Å². The van der Waals surface area contributed by atoms with Crippen LogP contribution in [0.5, 0.6) is 5.75 Å². The highest BCUT2D eigenvalue weighted by Gasteiger charge is 2.04. The zero-order chi connectivity index (χ0) is 13.4. The van der Waals surface area contributed by atoms with Gasteiger partial charge in [-0.05, 0) is 12.1 Å². The van der Waals surface area contributed by atoms with Crippen LogP contribution in [-0.2, 0) is 0 Å². The van der Waals surface area contributed by atoms with Gasteiger partial charge in [0.2, 0.25) is 0 Å². The molecule has 0 heterocycles. The van der Waals surface area contributed by atoms with Crippen LogP contribution in [0, 0.1) is 11.6 Å². The van der Waals surface area contributed by atoms with Gasteiger partial charge in [0.15, 0.2) is 11.6 Å². The number of halogens is 2. The van der Waals surface area contributed by atoms with Crippen molar-refractivity contribution in [2.45, 2.75) is 0 Å². The van der Waals surface area contributed by atoms with Crippen LogP contribution >= 0.6 is 0 Å². The molecule has 2 N–H and O–H groups in total. The molecule has 0 aliphatic heterocycles. The molecule has 1 rings (SSSR count). The number of benzene rings is 1. The summed E-state index contributed by atoms with van der Waals surface area (Å²) in [4.78, 5) is 11.1. The zero-order valence-corrected chi connectivity index (χ0v) is 9.71. The molecule has 0 aliphatic carbocycles. The third kappa shape index (κ3) is 4.82. The Kier molecular flexibility index (Phi) is 5.63. The molecule has 0 unspecified atom stereocenters. The summed E-state index contributed by atoms with van der Waals surface area (Å²) < 4.78 is 30.8. The molecule has 1 aromatic carbocycles. The number of hydrogen-bond donors (Lipinski definition) is 2. The number of ether oxygens (including phenoxy) is 1. The predicted molar refractivity (Wildman–Crippen MR) is 63.5 cm³/mol. The van der Waals surface area contributed by atoms with Gasteiger partial charge in [0.1, 0.15) is 12.4 Å². The van der Waals surface area contributed by atoms with E-state index in [0.29, 0.717) is 6.54 Å². The molecule has 0 saturated heterocycles. The van der Waals surface area contributed by atoms with Gasteiger partial charge in [-0.3, -0.25) is 0 Å². The maximum Gasteiger partial charge on any atom is 0.315 e. The Labute approximate surface area is 104 Å². The van der Waals surface area contributed by atoms with Crippen molar-refractivity contribution in [3.8, 4) is 5.75 Å². The fraction of sp³-hybridized carbons (Fsp3) is 0.250. The lowest BCUT2D eigenvalue weighted by Crippen LogP contribution is -2.37. The van der Waals surface area contributed by atoms with Crippen molar-refractivity contribution in [2.75, 3.05) is 19.7 Å². The van der Waals surface area contributed by atoms with Gasteiger partial charge in [-0.2, -0.15) is 0 Å². The molecule has 0 fully saturated rings. The maximum absolute atomic E-state index is 13.1. The number of amides is 2. The van der Waals surface area contributed by atoms with Crippen LogP contribution in [0.4, 0.5) is 13.6 Å². The second kappa shape index (κ2) is 7.26. The molecule has 0 aliphatic rings. The molecule has 0 atom stereocenters. The van der Waals surface area contributed by atoms with Crippen molar-refractivity contribution in [2.24, 2.45) is 0 Å². The number of rotatable bonds is 6. The summed E-state index contributed by atoms with van der Waals surface area (Å²) >= 11 is 0. The van der Waals surface area contributed by atoms with E-state index in [9.17, 15) is 13.6 Å². The SMILES string of the molecule is C=CCNC(=O)NCCOc1ccc(F)cc1F. The van der Waals surface area contributed by atoms with Gasteiger partial charge in [0.05, 0.1) is 6.54 Å². The van der Waals surface area contributed by atoms with Crippen molar-refractivity contribution < 1.29 is 18.3 Å². The van der Waals surface area contributed by atoms with Gasteiger partial charge >= 0.3 is 6.03 Å². The van der Waals surface area contributed by atoms with Gasteiger partial charge < -0.3 is 15.4 Å². The van der Waals surface area contributed by atoms with Crippen LogP contribution in [0.2, 0.25) is 0 Å². The highest BCUT2D eigenvalue weighted by Crippen LogP contribution is 2.17. The molecular formula is C12H14F2N2O2. The van der Waals surface area contributed by atoms with E-state index in [1.165, 1.54) is 6.07 Å². The van der Waals surface area contributed by atoms with Crippen LogP contribution in [0.3, 0.4) is 0 Å². The minimum Gasteiger partial charge on any atom is -0.489 e. The van der Waals surface area contributed by atoms with E-state index < -0.39 is 11.6 Å². The Morgan fingerprint density at radius 1 is 1.39 bits per heavy atom. The van der Waals surface area contributed by atoms with E-state index in [1.54, 1.807) is 6.08 Å². The van der Waals surface area contributed by atoms with Crippen molar-refractivity contribution in [3.05, 3.63) is 42.5 Å². The lowest BCUT2D eigenvalue weighted by Gasteiger charge is -2.08. The second-order valence-corrected chi connectivity index (χ2v) is 3.35. The smallest absolute Gasteiger partial charge is 0.315 e. The average molecular weight is 256 g/mol. The quantitative estimate of drug-likeness (QED) is 0.602. The number of urea groups is 1. The Morgan fingerprint density at radius 3 is 2.83 bits per heavy atom. The molecule has 4 nitrogen and oxygen atoms in total. The van der Waals surface area contributed by atoms with Crippen molar-refractivity contribution in [1.82, 2.24) is 10.6 Å². The van der Waals surface area contributed by atoms with E-state index in [-0.39, 0.29) is 24.9 Å². The Balaban J connectivity index is 2.25. The summed E-state index contributed by atoms with van der Waals surface area (Å²) in [6.45, 7) is 4.10. The molecule has 18 heavy (non-hydrogen) atoms. The topological polar surface area (TPSA) is 50.4 Å². The minimum absolute atomic E-state index is 0.0512. The third-order valence-corrected chi connectivity index (χ3v) is 1.95. The summed E-state index contributed by atoms with van der Waals surface area (Å²) in [5.74, 6) is -1.49. The van der Waals surface area contributed by atoms with E-state index in [2.05, 4.69) is 17.2 Å². The highest BCUT2D eigenvalue weighted by molar-refractivity contribution is 5.73. The van der Waals surface area contributed by atoms with Crippen LogP contribution < -0.4 is 15.4 Å². The van der Waals surface area contributed by atoms with Crippen molar-refractivity contribution in [3.63, 3.8) is 0 Å². The standard InChI is InChI=1S/C12H14F2N2O2/c1-2-5-15-12(17)16-6-7-18-11-4-3-9(13)8-10(11)14/h2-4,8H,1,5-7H2,(H2,15,16,17). The van der Waals surface area contributed by atoms with Crippen molar-refractivity contribution >= 4 is 6.03 Å². The van der Waals surface area contributed by atoms with Crippen LogP contribution in [-0.4, -0.2) is 25.7 Å². The first kappa shape index (κ1) is 14.0. The minimum atomic E-state index is -0.772. The van der Waals surface area contributed by atoms with Gasteiger partial charge in [0.25, 0.3) is 0 Å². The van der Waals surface area contributed by atoms with E-state index >= 15 is 0 Å². The maximum atomic E-state index is 13.1. The van der Waals surface area contributed by atoms with Gasteiger partial charge in [-0.15, -0.1) is 6.58 Å². The Hall–Kier alpha value is -2.11. The summed E-state index contributed by atoms with van der Waals surface area (Å²) in [7, 11) is 0. The molecule has 6 heteroatoms. The molecule has 0 radical (unpaired) electrons.